The maximum absolute atomic E-state index is 7.19. The van der Waals surface area contributed by atoms with Gasteiger partial charge >= 0.3 is 0 Å². The molecular weight excluding hydrogens is 1200 g/mol. The van der Waals surface area contributed by atoms with E-state index in [9.17, 15) is 0 Å². The van der Waals surface area contributed by atoms with Crippen molar-refractivity contribution >= 4 is 53.2 Å². The Morgan fingerprint density at radius 3 is 1.34 bits per heavy atom. The molecular formula is C86H70N4O3P2. The third-order valence-corrected chi connectivity index (χ3v) is 23.5. The van der Waals surface area contributed by atoms with E-state index in [0.717, 1.165) is 84.7 Å². The van der Waals surface area contributed by atoms with Crippen LogP contribution in [-0.2, 0) is 22.7 Å². The summed E-state index contributed by atoms with van der Waals surface area (Å²) in [5.74, 6) is 3.54. The van der Waals surface area contributed by atoms with Crippen molar-refractivity contribution in [3.63, 3.8) is 0 Å². The first-order valence-corrected chi connectivity index (χ1v) is 35.0. The molecule has 1 spiro atoms. The molecule has 0 saturated carbocycles. The fourth-order valence-corrected chi connectivity index (χ4v) is 18.5. The molecule has 0 amide bonds. The Balaban J connectivity index is 0.692. The van der Waals surface area contributed by atoms with Crippen LogP contribution in [0.4, 0.5) is 0 Å². The highest BCUT2D eigenvalue weighted by atomic mass is 31.1. The highest BCUT2D eigenvalue weighted by Crippen LogP contribution is 2.64. The van der Waals surface area contributed by atoms with E-state index in [1.165, 1.54) is 48.5 Å². The fourth-order valence-electron chi connectivity index (χ4n) is 13.8. The largest absolute Gasteiger partial charge is 0.456 e. The Kier molecular flexibility index (Phi) is 16.1. The molecule has 0 N–H and O–H groups in total. The van der Waals surface area contributed by atoms with Gasteiger partial charge in [0.15, 0.2) is 0 Å². The third-order valence-electron chi connectivity index (χ3n) is 18.6. The fraction of sp³-hybridized carbons (Fsp3) is 0.116. The average molecular weight is 1270 g/mol. The Hall–Kier alpha value is -10.4. The van der Waals surface area contributed by atoms with Crippen molar-refractivity contribution < 1.29 is 13.6 Å². The smallest absolute Gasteiger partial charge is 0.248 e. The zero-order valence-electron chi connectivity index (χ0n) is 54.0. The van der Waals surface area contributed by atoms with E-state index in [-0.39, 0.29) is 10.8 Å². The molecule has 11 aromatic carbocycles. The molecule has 0 aliphatic heterocycles. The van der Waals surface area contributed by atoms with Crippen molar-refractivity contribution in [2.75, 3.05) is 0 Å². The molecule has 0 radical (unpaired) electrons. The van der Waals surface area contributed by atoms with Crippen molar-refractivity contribution in [3.8, 4) is 68.4 Å². The Bertz CT molecular complexity index is 5010. The molecule has 7 nitrogen and oxygen atoms in total. The number of ether oxygens (including phenoxy) is 1. The minimum Gasteiger partial charge on any atom is -0.456 e. The van der Waals surface area contributed by atoms with Crippen LogP contribution in [0.1, 0.15) is 80.5 Å². The lowest BCUT2D eigenvalue weighted by atomic mass is 9.70. The number of nitrogens with zero attached hydrogens (tertiary/aromatic N) is 4. The molecule has 2 heterocycles. The van der Waals surface area contributed by atoms with E-state index >= 15 is 0 Å². The van der Waals surface area contributed by atoms with E-state index in [4.69, 9.17) is 25.2 Å². The number of hydrogen-bond acceptors (Lipinski definition) is 7. The van der Waals surface area contributed by atoms with Crippen LogP contribution in [0.3, 0.4) is 0 Å². The van der Waals surface area contributed by atoms with Crippen molar-refractivity contribution in [2.24, 2.45) is 0 Å². The van der Waals surface area contributed by atoms with Gasteiger partial charge in [-0.3, -0.25) is 0 Å². The summed E-state index contributed by atoms with van der Waals surface area (Å²) < 4.78 is 20.3. The van der Waals surface area contributed by atoms with Crippen molar-refractivity contribution in [1.82, 2.24) is 20.4 Å². The van der Waals surface area contributed by atoms with Gasteiger partial charge in [0.2, 0.25) is 23.6 Å². The van der Waals surface area contributed by atoms with Gasteiger partial charge in [-0.1, -0.05) is 272 Å². The second kappa shape index (κ2) is 25.1. The van der Waals surface area contributed by atoms with Gasteiger partial charge in [0, 0.05) is 32.9 Å². The third kappa shape index (κ3) is 11.3. The molecule has 462 valence electrons. The van der Waals surface area contributed by atoms with Gasteiger partial charge in [0.1, 0.15) is 11.5 Å². The van der Waals surface area contributed by atoms with E-state index < -0.39 is 21.3 Å². The molecule has 2 aromatic heterocycles. The van der Waals surface area contributed by atoms with E-state index in [0.29, 0.717) is 23.6 Å². The summed E-state index contributed by atoms with van der Waals surface area (Å²) >= 11 is 0. The van der Waals surface area contributed by atoms with Gasteiger partial charge in [0.25, 0.3) is 0 Å². The number of benzene rings is 11. The van der Waals surface area contributed by atoms with Crippen LogP contribution >= 0.6 is 15.8 Å². The minimum atomic E-state index is -1.00. The van der Waals surface area contributed by atoms with Gasteiger partial charge < -0.3 is 13.6 Å². The summed E-state index contributed by atoms with van der Waals surface area (Å²) in [7, 11) is -1.90. The van der Waals surface area contributed by atoms with Crippen LogP contribution in [0.15, 0.2) is 312 Å². The molecule has 1 unspecified atom stereocenters. The van der Waals surface area contributed by atoms with Gasteiger partial charge in [-0.05, 0) is 183 Å². The lowest BCUT2D eigenvalue weighted by molar-refractivity contribution is 0.490. The molecule has 2 aliphatic carbocycles. The van der Waals surface area contributed by atoms with Crippen molar-refractivity contribution in [3.05, 3.63) is 342 Å². The summed E-state index contributed by atoms with van der Waals surface area (Å²) in [5, 5.41) is 26.0. The van der Waals surface area contributed by atoms with Gasteiger partial charge in [-0.2, -0.15) is 0 Å². The molecule has 15 rings (SSSR count). The van der Waals surface area contributed by atoms with Gasteiger partial charge in [-0.25, -0.2) is 0 Å². The topological polar surface area (TPSA) is 87.1 Å². The first-order chi connectivity index (χ1) is 46.3. The van der Waals surface area contributed by atoms with Crippen molar-refractivity contribution in [1.29, 1.82) is 0 Å². The predicted molar refractivity (Wildman–Crippen MR) is 393 cm³/mol. The zero-order chi connectivity index (χ0) is 64.8. The molecule has 95 heavy (non-hydrogen) atoms. The Labute approximate surface area is 558 Å². The van der Waals surface area contributed by atoms with Crippen molar-refractivity contribution in [2.45, 2.75) is 64.2 Å². The molecule has 2 aliphatic rings. The molecule has 0 fully saturated rings. The van der Waals surface area contributed by atoms with E-state index in [1.54, 1.807) is 0 Å². The first-order valence-electron chi connectivity index (χ1n) is 32.4. The number of para-hydroxylation sites is 2. The standard InChI is InChI=1S/C86H70N4O3P2/c1-8-9-31-69-57(2)86(74-54-61(44-52-71(69)74)82-89-87-80(92-82)59-40-46-63(47-41-59)84(3,4)5)73-33-20-19-32-70(73)72-53-45-62(55-75(72)86)83-90-88-81(93-83)60-42-48-64(49-43-60)85(6,7)56-58-38-50-68(51-39-58)95(67-29-17-12-18-30-67)79-37-24-22-35-77(79)91-76-34-21-23-36-78(76)94(65-25-13-10-14-26-65)66-27-15-11-16-28-66/h8-55H,2,56H2,1,3-7H3/b9-8-,69-31+/t86-,95?/m0/s1. The molecule has 9 heteroatoms. The summed E-state index contributed by atoms with van der Waals surface area (Å²) in [6.07, 6.45) is 7.16. The summed E-state index contributed by atoms with van der Waals surface area (Å²) in [4.78, 5) is 0. The normalized spacial score (nSPS) is 15.0. The Morgan fingerprint density at radius 1 is 0.421 bits per heavy atom. The second-order valence-electron chi connectivity index (χ2n) is 26.1. The van der Waals surface area contributed by atoms with Gasteiger partial charge in [-0.15, -0.1) is 20.4 Å². The SMILES string of the molecule is C=C1/C(=C\C=C/C)c2ccc(-c3nnc(-c4ccc(C(C)(C)C)cc4)o3)cc2[C@@]12c1ccccc1-c1ccc(-c3nnc(-c4ccc(C(C)(C)Cc5ccc(P(c6ccccc6)c6ccccc6Oc6ccccc6P(c6ccccc6)c6ccccc6)cc5)cc4)o3)cc12. The minimum absolute atomic E-state index is 0.0266. The number of allylic oxidation sites excluding steroid dienone is 5. The maximum atomic E-state index is 7.19. The highest BCUT2D eigenvalue weighted by Gasteiger charge is 2.53. The van der Waals surface area contributed by atoms with E-state index in [2.05, 4.69) is 341 Å². The maximum Gasteiger partial charge on any atom is 0.248 e. The summed E-state index contributed by atoms with van der Waals surface area (Å²) in [6.45, 7) is 18.3. The highest BCUT2D eigenvalue weighted by molar-refractivity contribution is 7.80. The predicted octanol–water partition coefficient (Wildman–Crippen LogP) is 19.1. The summed E-state index contributed by atoms with van der Waals surface area (Å²) in [6, 6.07) is 97.6. The Morgan fingerprint density at radius 2 is 0.832 bits per heavy atom. The van der Waals surface area contributed by atoms with Crippen LogP contribution in [0.25, 0.3) is 62.5 Å². The summed E-state index contributed by atoms with van der Waals surface area (Å²) in [5.41, 5.74) is 14.9. The van der Waals surface area contributed by atoms with Crippen LogP contribution in [0, 0.1) is 0 Å². The lowest BCUT2D eigenvalue weighted by Crippen LogP contribution is -2.25. The average Bonchev–Trinajstić information content (AvgIpc) is 1.51. The van der Waals surface area contributed by atoms with Crippen LogP contribution in [0.2, 0.25) is 0 Å². The number of hydrogen-bond donors (Lipinski definition) is 0. The molecule has 0 bridgehead atoms. The second-order valence-corrected chi connectivity index (χ2v) is 30.4. The number of aromatic nitrogens is 4. The van der Waals surface area contributed by atoms with Gasteiger partial charge in [0.05, 0.1) is 5.41 Å². The first kappa shape index (κ1) is 60.8. The molecule has 13 aromatic rings. The number of fused-ring (bicyclic) bond motifs is 7. The molecule has 2 atom stereocenters. The van der Waals surface area contributed by atoms with Crippen LogP contribution in [-0.4, -0.2) is 20.4 Å². The van der Waals surface area contributed by atoms with Crippen LogP contribution < -0.4 is 36.6 Å². The van der Waals surface area contributed by atoms with E-state index in [1.807, 2.05) is 6.92 Å². The number of rotatable bonds is 16. The lowest BCUT2D eigenvalue weighted by Gasteiger charge is -2.30. The van der Waals surface area contributed by atoms with Crippen LogP contribution in [0.5, 0.6) is 11.5 Å². The monoisotopic (exact) mass is 1270 g/mol. The molecule has 0 saturated heterocycles. The zero-order valence-corrected chi connectivity index (χ0v) is 55.8. The quantitative estimate of drug-likeness (QED) is 0.0891.